The van der Waals surface area contributed by atoms with E-state index in [0.29, 0.717) is 6.04 Å². The Morgan fingerprint density at radius 2 is 1.90 bits per heavy atom. The van der Waals surface area contributed by atoms with Crippen molar-refractivity contribution in [3.63, 3.8) is 0 Å². The van der Waals surface area contributed by atoms with Gasteiger partial charge in [-0.3, -0.25) is 14.8 Å². The van der Waals surface area contributed by atoms with Gasteiger partial charge >= 0.3 is 0 Å². The Hall–Kier alpha value is -1.71. The third kappa shape index (κ3) is 3.31. The third-order valence-electron chi connectivity index (χ3n) is 4.41. The van der Waals surface area contributed by atoms with Gasteiger partial charge in [0.15, 0.2) is 0 Å². The number of hydrogen-bond donors (Lipinski definition) is 0. The maximum Gasteiger partial charge on any atom is 0.0573 e. The number of pyridine rings is 1. The zero-order valence-electron chi connectivity index (χ0n) is 12.9. The van der Waals surface area contributed by atoms with E-state index in [1.165, 1.54) is 16.8 Å². The zero-order valence-corrected chi connectivity index (χ0v) is 12.9. The molecule has 1 aliphatic rings. The van der Waals surface area contributed by atoms with Crippen molar-refractivity contribution < 1.29 is 0 Å². The van der Waals surface area contributed by atoms with Crippen LogP contribution in [0.15, 0.2) is 48.7 Å². The SMILES string of the molecule is Cc1cccnc1CN1CCN(C)[C@@H](c2ccccc2)C1. The summed E-state index contributed by atoms with van der Waals surface area (Å²) in [6.45, 7) is 6.37. The summed E-state index contributed by atoms with van der Waals surface area (Å²) < 4.78 is 0. The molecule has 0 saturated carbocycles. The van der Waals surface area contributed by atoms with Crippen molar-refractivity contribution in [3.8, 4) is 0 Å². The van der Waals surface area contributed by atoms with Crippen molar-refractivity contribution in [2.45, 2.75) is 19.5 Å². The van der Waals surface area contributed by atoms with Crippen LogP contribution in [-0.4, -0.2) is 41.5 Å². The predicted octanol–water partition coefficient (Wildman–Crippen LogP) is 2.88. The van der Waals surface area contributed by atoms with Gasteiger partial charge in [-0.2, -0.15) is 0 Å². The molecular weight excluding hydrogens is 258 g/mol. The number of nitrogens with zero attached hydrogens (tertiary/aromatic N) is 3. The molecular formula is C18H23N3. The van der Waals surface area contributed by atoms with Crippen molar-refractivity contribution >= 4 is 0 Å². The molecule has 0 bridgehead atoms. The summed E-state index contributed by atoms with van der Waals surface area (Å²) in [7, 11) is 2.22. The Morgan fingerprint density at radius 1 is 1.10 bits per heavy atom. The first kappa shape index (κ1) is 14.2. The van der Waals surface area contributed by atoms with E-state index in [9.17, 15) is 0 Å². The fraction of sp³-hybridized carbons (Fsp3) is 0.389. The van der Waals surface area contributed by atoms with Crippen LogP contribution in [0.3, 0.4) is 0 Å². The molecule has 2 aromatic rings. The van der Waals surface area contributed by atoms with Gasteiger partial charge in [0.05, 0.1) is 5.69 Å². The van der Waals surface area contributed by atoms with E-state index in [1.54, 1.807) is 0 Å². The van der Waals surface area contributed by atoms with E-state index in [2.05, 4.69) is 65.2 Å². The summed E-state index contributed by atoms with van der Waals surface area (Å²) in [5.74, 6) is 0. The second-order valence-corrected chi connectivity index (χ2v) is 5.91. The highest BCUT2D eigenvalue weighted by atomic mass is 15.3. The molecule has 3 nitrogen and oxygen atoms in total. The number of hydrogen-bond acceptors (Lipinski definition) is 3. The number of rotatable bonds is 3. The number of benzene rings is 1. The average molecular weight is 281 g/mol. The van der Waals surface area contributed by atoms with Gasteiger partial charge in [0, 0.05) is 38.4 Å². The Bertz CT molecular complexity index is 582. The van der Waals surface area contributed by atoms with Crippen LogP contribution in [0.1, 0.15) is 22.9 Å². The maximum atomic E-state index is 4.53. The number of likely N-dealkylation sites (N-methyl/N-ethyl adjacent to an activating group) is 1. The van der Waals surface area contributed by atoms with Crippen LogP contribution in [0.25, 0.3) is 0 Å². The highest BCUT2D eigenvalue weighted by molar-refractivity contribution is 5.21. The summed E-state index contributed by atoms with van der Waals surface area (Å²) in [6, 6.07) is 15.4. The lowest BCUT2D eigenvalue weighted by atomic mass is 10.0. The molecule has 0 aliphatic carbocycles. The van der Waals surface area contributed by atoms with Gasteiger partial charge in [0.1, 0.15) is 0 Å². The van der Waals surface area contributed by atoms with Gasteiger partial charge in [-0.25, -0.2) is 0 Å². The summed E-state index contributed by atoms with van der Waals surface area (Å²) in [6.07, 6.45) is 1.90. The monoisotopic (exact) mass is 281 g/mol. The van der Waals surface area contributed by atoms with Crippen LogP contribution in [0, 0.1) is 6.92 Å². The molecule has 0 unspecified atom stereocenters. The van der Waals surface area contributed by atoms with Gasteiger partial charge in [0.25, 0.3) is 0 Å². The van der Waals surface area contributed by atoms with Gasteiger partial charge < -0.3 is 0 Å². The molecule has 1 fully saturated rings. The van der Waals surface area contributed by atoms with Crippen LogP contribution in [0.2, 0.25) is 0 Å². The minimum absolute atomic E-state index is 0.476. The minimum Gasteiger partial charge on any atom is -0.297 e. The minimum atomic E-state index is 0.476. The highest BCUT2D eigenvalue weighted by Crippen LogP contribution is 2.24. The fourth-order valence-electron chi connectivity index (χ4n) is 3.00. The maximum absolute atomic E-state index is 4.53. The summed E-state index contributed by atoms with van der Waals surface area (Å²) >= 11 is 0. The van der Waals surface area contributed by atoms with Crippen LogP contribution >= 0.6 is 0 Å². The zero-order chi connectivity index (χ0) is 14.7. The first-order chi connectivity index (χ1) is 10.2. The van der Waals surface area contributed by atoms with E-state index in [-0.39, 0.29) is 0 Å². The molecule has 3 rings (SSSR count). The number of aryl methyl sites for hydroxylation is 1. The van der Waals surface area contributed by atoms with E-state index in [4.69, 9.17) is 0 Å². The summed E-state index contributed by atoms with van der Waals surface area (Å²) in [5.41, 5.74) is 3.89. The van der Waals surface area contributed by atoms with Crippen LogP contribution in [-0.2, 0) is 6.54 Å². The Balaban J connectivity index is 1.73. The first-order valence-corrected chi connectivity index (χ1v) is 7.62. The molecule has 0 amide bonds. The fourth-order valence-corrected chi connectivity index (χ4v) is 3.00. The lowest BCUT2D eigenvalue weighted by Gasteiger charge is -2.39. The Labute approximate surface area is 127 Å². The lowest BCUT2D eigenvalue weighted by Crippen LogP contribution is -2.46. The molecule has 2 heterocycles. The standard InChI is InChI=1S/C18H23N3/c1-15-7-6-10-19-17(15)13-21-12-11-20(2)18(14-21)16-8-4-3-5-9-16/h3-10,18H,11-14H2,1-2H3/t18-/m1/s1. The number of piperazine rings is 1. The van der Waals surface area contributed by atoms with Crippen LogP contribution < -0.4 is 0 Å². The van der Waals surface area contributed by atoms with Crippen molar-refractivity contribution in [2.24, 2.45) is 0 Å². The summed E-state index contributed by atoms with van der Waals surface area (Å²) in [5, 5.41) is 0. The van der Waals surface area contributed by atoms with Gasteiger partial charge in [-0.15, -0.1) is 0 Å². The molecule has 0 spiro atoms. The van der Waals surface area contributed by atoms with Crippen molar-refractivity contribution in [1.29, 1.82) is 0 Å². The van der Waals surface area contributed by atoms with Crippen LogP contribution in [0.4, 0.5) is 0 Å². The van der Waals surface area contributed by atoms with E-state index in [1.807, 2.05) is 12.3 Å². The first-order valence-electron chi connectivity index (χ1n) is 7.62. The lowest BCUT2D eigenvalue weighted by molar-refractivity contribution is 0.0895. The smallest absolute Gasteiger partial charge is 0.0573 e. The molecule has 1 saturated heterocycles. The predicted molar refractivity (Wildman–Crippen MR) is 86.1 cm³/mol. The van der Waals surface area contributed by atoms with E-state index >= 15 is 0 Å². The van der Waals surface area contributed by atoms with Gasteiger partial charge in [0.2, 0.25) is 0 Å². The Kier molecular flexibility index (Phi) is 4.32. The molecule has 110 valence electrons. The van der Waals surface area contributed by atoms with E-state index in [0.717, 1.165) is 26.2 Å². The number of aromatic nitrogens is 1. The third-order valence-corrected chi connectivity index (χ3v) is 4.41. The molecule has 0 N–H and O–H groups in total. The van der Waals surface area contributed by atoms with Gasteiger partial charge in [-0.1, -0.05) is 36.4 Å². The topological polar surface area (TPSA) is 19.4 Å². The van der Waals surface area contributed by atoms with E-state index < -0.39 is 0 Å². The molecule has 1 aromatic heterocycles. The molecule has 21 heavy (non-hydrogen) atoms. The molecule has 1 aromatic carbocycles. The second-order valence-electron chi connectivity index (χ2n) is 5.91. The highest BCUT2D eigenvalue weighted by Gasteiger charge is 2.25. The van der Waals surface area contributed by atoms with Crippen LogP contribution in [0.5, 0.6) is 0 Å². The van der Waals surface area contributed by atoms with Gasteiger partial charge in [-0.05, 0) is 31.2 Å². The molecule has 1 aliphatic heterocycles. The average Bonchev–Trinajstić information content (AvgIpc) is 2.52. The second kappa shape index (κ2) is 6.37. The molecule has 1 atom stereocenters. The van der Waals surface area contributed by atoms with Crippen molar-refractivity contribution in [2.75, 3.05) is 26.7 Å². The molecule has 0 radical (unpaired) electrons. The summed E-state index contributed by atoms with van der Waals surface area (Å²) in [4.78, 5) is 9.51. The van der Waals surface area contributed by atoms with Crippen molar-refractivity contribution in [1.82, 2.24) is 14.8 Å². The molecule has 3 heteroatoms. The quantitative estimate of drug-likeness (QED) is 0.862. The normalized spacial score (nSPS) is 20.6. The largest absolute Gasteiger partial charge is 0.297 e. The Morgan fingerprint density at radius 3 is 2.67 bits per heavy atom. The van der Waals surface area contributed by atoms with Crippen molar-refractivity contribution in [3.05, 3.63) is 65.5 Å².